The summed E-state index contributed by atoms with van der Waals surface area (Å²) in [6.45, 7) is 2.06. The van der Waals surface area contributed by atoms with Crippen molar-refractivity contribution in [1.82, 2.24) is 5.32 Å². The molecule has 0 aromatic heterocycles. The van der Waals surface area contributed by atoms with Gasteiger partial charge in [0.05, 0.1) is 0 Å². The fourth-order valence-electron chi connectivity index (χ4n) is 2.71. The van der Waals surface area contributed by atoms with Gasteiger partial charge in [-0.15, -0.1) is 12.4 Å². The second-order valence-electron chi connectivity index (χ2n) is 5.47. The Hall–Kier alpha value is -1.59. The van der Waals surface area contributed by atoms with Gasteiger partial charge in [-0.05, 0) is 44.4 Å². The molecule has 0 bridgehead atoms. The summed E-state index contributed by atoms with van der Waals surface area (Å²) in [6.07, 6.45) is 3.16. The lowest BCUT2D eigenvalue weighted by Crippen LogP contribution is -2.42. The summed E-state index contributed by atoms with van der Waals surface area (Å²) >= 11 is 0. The number of ketones is 1. The second-order valence-corrected chi connectivity index (χ2v) is 5.47. The van der Waals surface area contributed by atoms with Gasteiger partial charge in [-0.2, -0.15) is 0 Å². The Morgan fingerprint density at radius 1 is 1.36 bits per heavy atom. The average Bonchev–Trinajstić information content (AvgIpc) is 2.92. The van der Waals surface area contributed by atoms with Crippen LogP contribution in [0, 0.1) is 5.92 Å². The van der Waals surface area contributed by atoms with Crippen molar-refractivity contribution in [3.05, 3.63) is 29.8 Å². The molecule has 0 aliphatic heterocycles. The van der Waals surface area contributed by atoms with Crippen LogP contribution in [0.2, 0.25) is 0 Å². The van der Waals surface area contributed by atoms with Crippen LogP contribution in [-0.4, -0.2) is 30.9 Å². The summed E-state index contributed by atoms with van der Waals surface area (Å²) in [7, 11) is 0. The summed E-state index contributed by atoms with van der Waals surface area (Å²) in [6, 6.07) is 7.01. The van der Waals surface area contributed by atoms with Gasteiger partial charge in [0.1, 0.15) is 5.75 Å². The summed E-state index contributed by atoms with van der Waals surface area (Å²) in [4.78, 5) is 23.2. The molecule has 1 aromatic rings. The number of nitrogens with one attached hydrogen (secondary N) is 1. The van der Waals surface area contributed by atoms with Gasteiger partial charge < -0.3 is 15.8 Å². The Balaban J connectivity index is 0.00000242. The number of halogens is 1. The van der Waals surface area contributed by atoms with Crippen LogP contribution in [0.15, 0.2) is 24.3 Å². The lowest BCUT2D eigenvalue weighted by molar-refractivity contribution is -0.124. The van der Waals surface area contributed by atoms with Crippen LogP contribution in [0.5, 0.6) is 5.75 Å². The van der Waals surface area contributed by atoms with Gasteiger partial charge in [-0.1, -0.05) is 18.6 Å². The predicted octanol–water partition coefficient (Wildman–Crippen LogP) is 1.93. The largest absolute Gasteiger partial charge is 0.484 e. The van der Waals surface area contributed by atoms with Crippen molar-refractivity contribution in [3.8, 4) is 5.75 Å². The molecule has 1 amide bonds. The molecular weight excluding hydrogens is 304 g/mol. The first kappa shape index (κ1) is 18.5. The Morgan fingerprint density at radius 3 is 2.82 bits per heavy atom. The van der Waals surface area contributed by atoms with E-state index in [1.165, 1.54) is 6.92 Å². The number of carbonyl (C=O) groups is 2. The Kier molecular flexibility index (Phi) is 7.35. The minimum atomic E-state index is -0.145. The van der Waals surface area contributed by atoms with Gasteiger partial charge in [0.15, 0.2) is 12.4 Å². The third-order valence-corrected chi connectivity index (χ3v) is 3.92. The zero-order chi connectivity index (χ0) is 15.2. The lowest BCUT2D eigenvalue weighted by Gasteiger charge is -2.19. The fraction of sp³-hybridized carbons (Fsp3) is 0.500. The van der Waals surface area contributed by atoms with Crippen LogP contribution >= 0.6 is 12.4 Å². The van der Waals surface area contributed by atoms with Gasteiger partial charge in [0.25, 0.3) is 5.91 Å². The standard InChI is InChI=1S/C16H22N2O3.ClH/c1-11(19)12-4-2-6-14(8-12)21-10-16(20)18-15-7-3-5-13(15)9-17;/h2,4,6,8,13,15H,3,5,7,9-10,17H2,1H3,(H,18,20);1H. The normalized spacial score (nSPS) is 20.1. The molecule has 122 valence electrons. The third-order valence-electron chi connectivity index (χ3n) is 3.92. The maximum atomic E-state index is 11.9. The third kappa shape index (κ3) is 5.00. The van der Waals surface area contributed by atoms with E-state index in [-0.39, 0.29) is 36.7 Å². The molecule has 2 atom stereocenters. The molecule has 0 radical (unpaired) electrons. The summed E-state index contributed by atoms with van der Waals surface area (Å²) in [5.41, 5.74) is 6.27. The number of hydrogen-bond donors (Lipinski definition) is 2. The minimum Gasteiger partial charge on any atom is -0.484 e. The molecule has 1 fully saturated rings. The van der Waals surface area contributed by atoms with Crippen molar-refractivity contribution in [2.45, 2.75) is 32.2 Å². The molecule has 0 heterocycles. The van der Waals surface area contributed by atoms with Crippen molar-refractivity contribution < 1.29 is 14.3 Å². The highest BCUT2D eigenvalue weighted by Crippen LogP contribution is 2.24. The first-order valence-corrected chi connectivity index (χ1v) is 7.33. The van der Waals surface area contributed by atoms with Gasteiger partial charge in [0, 0.05) is 11.6 Å². The highest BCUT2D eigenvalue weighted by Gasteiger charge is 2.27. The first-order chi connectivity index (χ1) is 10.1. The Labute approximate surface area is 137 Å². The number of nitrogens with two attached hydrogens (primary N) is 1. The summed E-state index contributed by atoms with van der Waals surface area (Å²) in [5, 5.41) is 2.98. The summed E-state index contributed by atoms with van der Waals surface area (Å²) in [5.74, 6) is 0.727. The number of carbonyl (C=O) groups excluding carboxylic acids is 2. The van der Waals surface area contributed by atoms with E-state index in [2.05, 4.69) is 5.32 Å². The molecule has 3 N–H and O–H groups in total. The van der Waals surface area contributed by atoms with E-state index >= 15 is 0 Å². The molecule has 1 aromatic carbocycles. The highest BCUT2D eigenvalue weighted by atomic mass is 35.5. The van der Waals surface area contributed by atoms with Gasteiger partial charge in [0.2, 0.25) is 0 Å². The number of benzene rings is 1. The summed E-state index contributed by atoms with van der Waals surface area (Å²) < 4.78 is 5.44. The average molecular weight is 327 g/mol. The predicted molar refractivity (Wildman–Crippen MR) is 87.5 cm³/mol. The van der Waals surface area contributed by atoms with Crippen LogP contribution in [0.1, 0.15) is 36.5 Å². The molecule has 5 nitrogen and oxygen atoms in total. The first-order valence-electron chi connectivity index (χ1n) is 7.33. The molecule has 1 saturated carbocycles. The SMILES string of the molecule is CC(=O)c1cccc(OCC(=O)NC2CCCC2CN)c1.Cl. The van der Waals surface area contributed by atoms with E-state index in [4.69, 9.17) is 10.5 Å². The fourth-order valence-corrected chi connectivity index (χ4v) is 2.71. The Morgan fingerprint density at radius 2 is 2.14 bits per heavy atom. The Bertz CT molecular complexity index is 522. The molecular formula is C16H23ClN2O3. The lowest BCUT2D eigenvalue weighted by atomic mass is 10.0. The maximum absolute atomic E-state index is 11.9. The van der Waals surface area contributed by atoms with E-state index < -0.39 is 0 Å². The molecule has 0 spiro atoms. The van der Waals surface area contributed by atoms with Crippen LogP contribution in [0.25, 0.3) is 0 Å². The molecule has 6 heteroatoms. The van der Waals surface area contributed by atoms with E-state index in [0.29, 0.717) is 23.8 Å². The zero-order valence-corrected chi connectivity index (χ0v) is 13.5. The second kappa shape index (κ2) is 8.76. The molecule has 0 saturated heterocycles. The maximum Gasteiger partial charge on any atom is 0.258 e. The van der Waals surface area contributed by atoms with Crippen LogP contribution in [-0.2, 0) is 4.79 Å². The monoisotopic (exact) mass is 326 g/mol. The van der Waals surface area contributed by atoms with Crippen molar-refractivity contribution in [1.29, 1.82) is 0 Å². The molecule has 2 rings (SSSR count). The zero-order valence-electron chi connectivity index (χ0n) is 12.7. The van der Waals surface area contributed by atoms with E-state index in [1.54, 1.807) is 24.3 Å². The van der Waals surface area contributed by atoms with Crippen LogP contribution in [0.4, 0.5) is 0 Å². The molecule has 1 aliphatic rings. The van der Waals surface area contributed by atoms with Crippen molar-refractivity contribution in [3.63, 3.8) is 0 Å². The van der Waals surface area contributed by atoms with Crippen LogP contribution < -0.4 is 15.8 Å². The quantitative estimate of drug-likeness (QED) is 0.783. The van der Waals surface area contributed by atoms with Crippen molar-refractivity contribution in [2.75, 3.05) is 13.2 Å². The molecule has 2 unspecified atom stereocenters. The van der Waals surface area contributed by atoms with Gasteiger partial charge >= 0.3 is 0 Å². The number of Topliss-reactive ketones (excluding diaryl/α,β-unsaturated/α-hetero) is 1. The van der Waals surface area contributed by atoms with Gasteiger partial charge in [-0.25, -0.2) is 0 Å². The number of amides is 1. The van der Waals surface area contributed by atoms with Crippen molar-refractivity contribution in [2.24, 2.45) is 11.7 Å². The molecule has 1 aliphatic carbocycles. The molecule has 22 heavy (non-hydrogen) atoms. The van der Waals surface area contributed by atoms with E-state index in [9.17, 15) is 9.59 Å². The number of hydrogen-bond acceptors (Lipinski definition) is 4. The highest BCUT2D eigenvalue weighted by molar-refractivity contribution is 5.94. The minimum absolute atomic E-state index is 0. The van der Waals surface area contributed by atoms with Gasteiger partial charge in [-0.3, -0.25) is 9.59 Å². The van der Waals surface area contributed by atoms with Crippen LogP contribution in [0.3, 0.4) is 0 Å². The smallest absolute Gasteiger partial charge is 0.258 e. The number of ether oxygens (including phenoxy) is 1. The topological polar surface area (TPSA) is 81.4 Å². The van der Waals surface area contributed by atoms with E-state index in [1.807, 2.05) is 0 Å². The number of rotatable bonds is 6. The van der Waals surface area contributed by atoms with E-state index in [0.717, 1.165) is 19.3 Å². The van der Waals surface area contributed by atoms with Crippen molar-refractivity contribution >= 4 is 24.1 Å².